The average Bonchev–Trinajstić information content (AvgIpc) is 2.29. The second-order valence-corrected chi connectivity index (χ2v) is 3.07. The van der Waals surface area contributed by atoms with Crippen LogP contribution in [-0.2, 0) is 6.54 Å². The maximum Gasteiger partial charge on any atom is 0.251 e. The van der Waals surface area contributed by atoms with E-state index < -0.39 is 0 Å². The SMILES string of the molecule is NCc1cc(C(=O)NCCCO)ccn1. The first-order chi connectivity index (χ1) is 7.27. The number of hydrogen-bond donors (Lipinski definition) is 3. The molecule has 5 heteroatoms. The van der Waals surface area contributed by atoms with Gasteiger partial charge in [-0.2, -0.15) is 0 Å². The van der Waals surface area contributed by atoms with Crippen LogP contribution in [0.2, 0.25) is 0 Å². The lowest BCUT2D eigenvalue weighted by Gasteiger charge is -2.04. The molecule has 0 aliphatic rings. The minimum atomic E-state index is -0.166. The number of rotatable bonds is 5. The number of pyridine rings is 1. The van der Waals surface area contributed by atoms with Gasteiger partial charge in [0.15, 0.2) is 0 Å². The van der Waals surface area contributed by atoms with Gasteiger partial charge in [0.2, 0.25) is 0 Å². The van der Waals surface area contributed by atoms with Crippen LogP contribution >= 0.6 is 0 Å². The summed E-state index contributed by atoms with van der Waals surface area (Å²) in [5, 5.41) is 11.2. The van der Waals surface area contributed by atoms with E-state index in [4.69, 9.17) is 10.8 Å². The summed E-state index contributed by atoms with van der Waals surface area (Å²) in [6.45, 7) is 0.859. The van der Waals surface area contributed by atoms with Crippen LogP contribution in [-0.4, -0.2) is 29.1 Å². The average molecular weight is 209 g/mol. The number of aliphatic hydroxyl groups excluding tert-OH is 1. The van der Waals surface area contributed by atoms with Gasteiger partial charge in [-0.3, -0.25) is 9.78 Å². The highest BCUT2D eigenvalue weighted by Gasteiger charge is 2.04. The zero-order chi connectivity index (χ0) is 11.1. The van der Waals surface area contributed by atoms with Crippen molar-refractivity contribution >= 4 is 5.91 Å². The summed E-state index contributed by atoms with van der Waals surface area (Å²) in [4.78, 5) is 15.5. The third-order valence-corrected chi connectivity index (χ3v) is 1.91. The van der Waals surface area contributed by atoms with Gasteiger partial charge in [0.1, 0.15) is 0 Å². The van der Waals surface area contributed by atoms with Gasteiger partial charge in [-0.1, -0.05) is 0 Å². The molecule has 1 rings (SSSR count). The zero-order valence-corrected chi connectivity index (χ0v) is 8.44. The second-order valence-electron chi connectivity index (χ2n) is 3.07. The molecule has 0 aliphatic carbocycles. The van der Waals surface area contributed by atoms with Crippen LogP contribution in [0.25, 0.3) is 0 Å². The molecule has 0 aromatic carbocycles. The van der Waals surface area contributed by atoms with E-state index in [1.807, 2.05) is 0 Å². The third-order valence-electron chi connectivity index (χ3n) is 1.91. The first-order valence-electron chi connectivity index (χ1n) is 4.82. The summed E-state index contributed by atoms with van der Waals surface area (Å²) in [7, 11) is 0. The summed E-state index contributed by atoms with van der Waals surface area (Å²) < 4.78 is 0. The van der Waals surface area contributed by atoms with Crippen molar-refractivity contribution < 1.29 is 9.90 Å². The molecule has 0 radical (unpaired) electrons. The maximum atomic E-state index is 11.5. The Hall–Kier alpha value is -1.46. The van der Waals surface area contributed by atoms with Crippen LogP contribution in [0.3, 0.4) is 0 Å². The Balaban J connectivity index is 2.57. The topological polar surface area (TPSA) is 88.2 Å². The van der Waals surface area contributed by atoms with E-state index in [1.54, 1.807) is 18.3 Å². The Morgan fingerprint density at radius 1 is 1.60 bits per heavy atom. The molecule has 82 valence electrons. The highest BCUT2D eigenvalue weighted by atomic mass is 16.3. The van der Waals surface area contributed by atoms with Crippen molar-refractivity contribution in [3.8, 4) is 0 Å². The Bertz CT molecular complexity index is 328. The van der Waals surface area contributed by atoms with Crippen LogP contribution in [0.4, 0.5) is 0 Å². The van der Waals surface area contributed by atoms with E-state index in [9.17, 15) is 4.79 Å². The first-order valence-corrected chi connectivity index (χ1v) is 4.82. The van der Waals surface area contributed by atoms with Gasteiger partial charge in [0, 0.05) is 31.5 Å². The number of aliphatic hydroxyl groups is 1. The molecule has 0 saturated heterocycles. The fourth-order valence-electron chi connectivity index (χ4n) is 1.11. The molecule has 1 amide bonds. The Kier molecular flexibility index (Phi) is 4.73. The van der Waals surface area contributed by atoms with Crippen molar-refractivity contribution in [2.75, 3.05) is 13.2 Å². The molecule has 0 spiro atoms. The monoisotopic (exact) mass is 209 g/mol. The molecule has 1 aromatic heterocycles. The summed E-state index contributed by atoms with van der Waals surface area (Å²) in [6.07, 6.45) is 2.11. The molecule has 15 heavy (non-hydrogen) atoms. The molecule has 0 aliphatic heterocycles. The molecule has 0 atom stereocenters. The second kappa shape index (κ2) is 6.10. The van der Waals surface area contributed by atoms with Gasteiger partial charge in [-0.15, -0.1) is 0 Å². The molecule has 4 N–H and O–H groups in total. The summed E-state index contributed by atoms with van der Waals surface area (Å²) >= 11 is 0. The molecular weight excluding hydrogens is 194 g/mol. The Morgan fingerprint density at radius 3 is 3.07 bits per heavy atom. The van der Waals surface area contributed by atoms with Crippen LogP contribution in [0.1, 0.15) is 22.5 Å². The summed E-state index contributed by atoms with van der Waals surface area (Å²) in [5.41, 5.74) is 6.64. The van der Waals surface area contributed by atoms with Crippen LogP contribution < -0.4 is 11.1 Å². The van der Waals surface area contributed by atoms with Gasteiger partial charge in [-0.25, -0.2) is 0 Å². The number of amides is 1. The fraction of sp³-hybridized carbons (Fsp3) is 0.400. The molecule has 1 heterocycles. The molecule has 0 bridgehead atoms. The first kappa shape index (κ1) is 11.6. The number of hydrogen-bond acceptors (Lipinski definition) is 4. The highest BCUT2D eigenvalue weighted by Crippen LogP contribution is 2.00. The van der Waals surface area contributed by atoms with Crippen molar-refractivity contribution in [3.05, 3.63) is 29.6 Å². The minimum absolute atomic E-state index is 0.0741. The molecule has 5 nitrogen and oxygen atoms in total. The van der Waals surface area contributed by atoms with Crippen molar-refractivity contribution in [1.82, 2.24) is 10.3 Å². The minimum Gasteiger partial charge on any atom is -0.396 e. The predicted molar refractivity (Wildman–Crippen MR) is 56.2 cm³/mol. The normalized spacial score (nSPS) is 10.0. The van der Waals surface area contributed by atoms with Crippen molar-refractivity contribution in [3.63, 3.8) is 0 Å². The molecule has 1 aromatic rings. The Labute approximate surface area is 88.3 Å². The number of carbonyl (C=O) groups is 1. The quantitative estimate of drug-likeness (QED) is 0.578. The lowest BCUT2D eigenvalue weighted by Crippen LogP contribution is -2.25. The predicted octanol–water partition coefficient (Wildman–Crippen LogP) is -0.348. The molecule has 0 unspecified atom stereocenters. The van der Waals surface area contributed by atoms with Crippen molar-refractivity contribution in [2.45, 2.75) is 13.0 Å². The van der Waals surface area contributed by atoms with Crippen LogP contribution in [0.15, 0.2) is 18.3 Å². The molecule has 0 fully saturated rings. The van der Waals surface area contributed by atoms with E-state index in [0.717, 1.165) is 0 Å². The van der Waals surface area contributed by atoms with E-state index in [0.29, 0.717) is 30.8 Å². The zero-order valence-electron chi connectivity index (χ0n) is 8.44. The van der Waals surface area contributed by atoms with E-state index >= 15 is 0 Å². The smallest absolute Gasteiger partial charge is 0.251 e. The molecule has 0 saturated carbocycles. The lowest BCUT2D eigenvalue weighted by molar-refractivity contribution is 0.0951. The van der Waals surface area contributed by atoms with E-state index in [-0.39, 0.29) is 12.5 Å². The van der Waals surface area contributed by atoms with Crippen molar-refractivity contribution in [2.24, 2.45) is 5.73 Å². The fourth-order valence-corrected chi connectivity index (χ4v) is 1.11. The van der Waals surface area contributed by atoms with Gasteiger partial charge in [0.05, 0.1) is 5.69 Å². The third kappa shape index (κ3) is 3.65. The summed E-state index contributed by atoms with van der Waals surface area (Å²) in [6, 6.07) is 3.29. The van der Waals surface area contributed by atoms with Gasteiger partial charge in [0.25, 0.3) is 5.91 Å². The number of nitrogens with zero attached hydrogens (tertiary/aromatic N) is 1. The number of nitrogens with two attached hydrogens (primary N) is 1. The largest absolute Gasteiger partial charge is 0.396 e. The molecular formula is C10H15N3O2. The van der Waals surface area contributed by atoms with Gasteiger partial charge in [-0.05, 0) is 18.6 Å². The number of aromatic nitrogens is 1. The van der Waals surface area contributed by atoms with Crippen LogP contribution in [0, 0.1) is 0 Å². The highest BCUT2D eigenvalue weighted by molar-refractivity contribution is 5.94. The van der Waals surface area contributed by atoms with Gasteiger partial charge < -0.3 is 16.2 Å². The van der Waals surface area contributed by atoms with E-state index in [1.165, 1.54) is 0 Å². The Morgan fingerprint density at radius 2 is 2.40 bits per heavy atom. The van der Waals surface area contributed by atoms with Crippen LogP contribution in [0.5, 0.6) is 0 Å². The number of carbonyl (C=O) groups excluding carboxylic acids is 1. The van der Waals surface area contributed by atoms with Gasteiger partial charge >= 0.3 is 0 Å². The standard InChI is InChI=1S/C10H15N3O2/c11-7-9-6-8(2-4-12-9)10(15)13-3-1-5-14/h2,4,6,14H,1,3,5,7,11H2,(H,13,15). The lowest BCUT2D eigenvalue weighted by atomic mass is 10.2. The van der Waals surface area contributed by atoms with E-state index in [2.05, 4.69) is 10.3 Å². The van der Waals surface area contributed by atoms with Crippen molar-refractivity contribution in [1.29, 1.82) is 0 Å². The maximum absolute atomic E-state index is 11.5. The summed E-state index contributed by atoms with van der Waals surface area (Å²) in [5.74, 6) is -0.166. The number of nitrogens with one attached hydrogen (secondary N) is 1.